The van der Waals surface area contributed by atoms with Crippen molar-refractivity contribution in [2.45, 2.75) is 12.8 Å². The molecule has 1 aliphatic heterocycles. The van der Waals surface area contributed by atoms with E-state index in [0.29, 0.717) is 0 Å². The first-order valence-electron chi connectivity index (χ1n) is 6.85. The Morgan fingerprint density at radius 2 is 1.82 bits per heavy atom. The summed E-state index contributed by atoms with van der Waals surface area (Å²) < 4.78 is 4.60. The third kappa shape index (κ3) is 3.36. The highest BCUT2D eigenvalue weighted by atomic mass is 16.5. The number of carbonyl (C=O) groups is 3. The van der Waals surface area contributed by atoms with Gasteiger partial charge in [-0.2, -0.15) is 0 Å². The molecular weight excluding hydrogens is 290 g/mol. The van der Waals surface area contributed by atoms with E-state index in [4.69, 9.17) is 0 Å². The number of esters is 1. The van der Waals surface area contributed by atoms with Crippen LogP contribution in [0.15, 0.2) is 18.2 Å². The summed E-state index contributed by atoms with van der Waals surface area (Å²) >= 11 is 0. The van der Waals surface area contributed by atoms with Crippen LogP contribution in [0.25, 0.3) is 0 Å². The number of ketones is 1. The van der Waals surface area contributed by atoms with Gasteiger partial charge in [0.1, 0.15) is 23.2 Å². The second-order valence-corrected chi connectivity index (χ2v) is 5.11. The second-order valence-electron chi connectivity index (χ2n) is 5.11. The van der Waals surface area contributed by atoms with Crippen LogP contribution >= 0.6 is 0 Å². The number of phenolic OH excluding ortho intramolecular Hbond substituents is 2. The topological polar surface area (TPSA) is 104 Å². The summed E-state index contributed by atoms with van der Waals surface area (Å²) in [7, 11) is 1.22. The average molecular weight is 307 g/mol. The van der Waals surface area contributed by atoms with Crippen LogP contribution in [-0.2, 0) is 14.3 Å². The molecule has 1 saturated heterocycles. The lowest BCUT2D eigenvalue weighted by Crippen LogP contribution is -2.32. The van der Waals surface area contributed by atoms with Gasteiger partial charge in [-0.1, -0.05) is 0 Å². The van der Waals surface area contributed by atoms with Gasteiger partial charge in [0.2, 0.25) is 0 Å². The quantitative estimate of drug-likeness (QED) is 0.615. The highest BCUT2D eigenvalue weighted by Gasteiger charge is 2.32. The molecule has 1 fully saturated rings. The fraction of sp³-hybridized carbons (Fsp3) is 0.400. The van der Waals surface area contributed by atoms with Crippen molar-refractivity contribution in [1.82, 2.24) is 4.90 Å². The summed E-state index contributed by atoms with van der Waals surface area (Å²) in [4.78, 5) is 37.3. The van der Waals surface area contributed by atoms with Crippen molar-refractivity contribution in [3.05, 3.63) is 23.8 Å². The van der Waals surface area contributed by atoms with Gasteiger partial charge in [-0.15, -0.1) is 0 Å². The molecule has 0 aromatic heterocycles. The zero-order valence-corrected chi connectivity index (χ0v) is 12.1. The number of Topliss-reactive ketones (excluding diaryl/α,β-unsaturated/α-hetero) is 1. The number of rotatable bonds is 2. The highest BCUT2D eigenvalue weighted by molar-refractivity contribution is 6.00. The van der Waals surface area contributed by atoms with Crippen LogP contribution in [0.4, 0.5) is 0 Å². The van der Waals surface area contributed by atoms with Crippen LogP contribution in [0.1, 0.15) is 23.2 Å². The number of benzene rings is 1. The number of carbonyl (C=O) groups excluding carboxylic acids is 3. The third-order valence-corrected chi connectivity index (χ3v) is 3.63. The van der Waals surface area contributed by atoms with Crippen molar-refractivity contribution >= 4 is 17.7 Å². The predicted octanol–water partition coefficient (Wildman–Crippen LogP) is 0.692. The molecule has 1 heterocycles. The number of likely N-dealkylation sites (tertiary alicyclic amines) is 1. The van der Waals surface area contributed by atoms with Crippen LogP contribution in [0, 0.1) is 5.92 Å². The fourth-order valence-corrected chi connectivity index (χ4v) is 2.47. The van der Waals surface area contributed by atoms with E-state index in [1.54, 1.807) is 0 Å². The smallest absolute Gasteiger partial charge is 0.316 e. The van der Waals surface area contributed by atoms with Gasteiger partial charge in [0, 0.05) is 31.1 Å². The number of phenols is 2. The maximum atomic E-state index is 12.4. The summed E-state index contributed by atoms with van der Waals surface area (Å²) in [6, 6.07) is 3.61. The molecule has 1 aromatic rings. The first kappa shape index (κ1) is 15.8. The van der Waals surface area contributed by atoms with E-state index >= 15 is 0 Å². The summed E-state index contributed by atoms with van der Waals surface area (Å²) in [6.07, 6.45) is 0.262. The molecule has 22 heavy (non-hydrogen) atoms. The molecule has 1 atom stereocenters. The van der Waals surface area contributed by atoms with Crippen molar-refractivity contribution in [3.8, 4) is 11.5 Å². The number of methoxy groups -OCH3 is 1. The van der Waals surface area contributed by atoms with Gasteiger partial charge >= 0.3 is 5.97 Å². The minimum atomic E-state index is -0.847. The summed E-state index contributed by atoms with van der Waals surface area (Å²) in [6.45, 7) is 0.405. The SMILES string of the molecule is COC(=O)C1CCN(C(=O)c2cc(O)cc(O)c2)CCC1=O. The number of amides is 1. The molecule has 2 rings (SSSR count). The number of nitrogens with zero attached hydrogens (tertiary/aromatic N) is 1. The maximum absolute atomic E-state index is 12.4. The molecule has 0 radical (unpaired) electrons. The number of hydrogen-bond acceptors (Lipinski definition) is 6. The van der Waals surface area contributed by atoms with E-state index in [9.17, 15) is 24.6 Å². The number of ether oxygens (including phenoxy) is 1. The van der Waals surface area contributed by atoms with E-state index in [2.05, 4.69) is 4.74 Å². The van der Waals surface area contributed by atoms with E-state index in [-0.39, 0.29) is 48.8 Å². The van der Waals surface area contributed by atoms with Crippen LogP contribution < -0.4 is 0 Å². The summed E-state index contributed by atoms with van der Waals surface area (Å²) in [5.74, 6) is -2.54. The maximum Gasteiger partial charge on any atom is 0.316 e. The van der Waals surface area contributed by atoms with Crippen molar-refractivity contribution in [2.75, 3.05) is 20.2 Å². The van der Waals surface area contributed by atoms with E-state index in [1.807, 2.05) is 0 Å². The summed E-state index contributed by atoms with van der Waals surface area (Å²) in [5, 5.41) is 18.9. The number of hydrogen-bond donors (Lipinski definition) is 2. The lowest BCUT2D eigenvalue weighted by atomic mass is 10.00. The standard InChI is InChI=1S/C15H17NO6/c1-22-15(21)12-2-4-16(5-3-13(12)19)14(20)9-6-10(17)8-11(18)7-9/h6-8,12,17-18H,2-5H2,1H3. The van der Waals surface area contributed by atoms with Gasteiger partial charge in [0.05, 0.1) is 7.11 Å². The molecular formula is C15H17NO6. The van der Waals surface area contributed by atoms with Crippen LogP contribution in [0.5, 0.6) is 11.5 Å². The summed E-state index contributed by atoms with van der Waals surface area (Å²) in [5.41, 5.74) is 0.126. The van der Waals surface area contributed by atoms with Gasteiger partial charge in [0.25, 0.3) is 5.91 Å². The number of aromatic hydroxyl groups is 2. The van der Waals surface area contributed by atoms with Gasteiger partial charge in [-0.25, -0.2) is 0 Å². The Kier molecular flexibility index (Phi) is 4.65. The Bertz CT molecular complexity index is 592. The molecule has 0 spiro atoms. The molecule has 0 aliphatic carbocycles. The van der Waals surface area contributed by atoms with Gasteiger partial charge in [-0.3, -0.25) is 14.4 Å². The Hall–Kier alpha value is -2.57. The lowest BCUT2D eigenvalue weighted by molar-refractivity contribution is -0.149. The fourth-order valence-electron chi connectivity index (χ4n) is 2.47. The highest BCUT2D eigenvalue weighted by Crippen LogP contribution is 2.23. The van der Waals surface area contributed by atoms with E-state index in [0.717, 1.165) is 6.07 Å². The molecule has 7 nitrogen and oxygen atoms in total. The predicted molar refractivity (Wildman–Crippen MR) is 75.4 cm³/mol. The molecule has 1 aromatic carbocycles. The third-order valence-electron chi connectivity index (χ3n) is 3.63. The Morgan fingerprint density at radius 3 is 2.41 bits per heavy atom. The molecule has 1 amide bonds. The molecule has 118 valence electrons. The van der Waals surface area contributed by atoms with Crippen molar-refractivity contribution in [1.29, 1.82) is 0 Å². The zero-order chi connectivity index (χ0) is 16.3. The first-order valence-corrected chi connectivity index (χ1v) is 6.85. The van der Waals surface area contributed by atoms with E-state index in [1.165, 1.54) is 24.1 Å². The normalized spacial score (nSPS) is 18.7. The van der Waals surface area contributed by atoms with Crippen molar-refractivity contribution < 1.29 is 29.3 Å². The van der Waals surface area contributed by atoms with Crippen LogP contribution in [0.3, 0.4) is 0 Å². The molecule has 2 N–H and O–H groups in total. The zero-order valence-electron chi connectivity index (χ0n) is 12.1. The van der Waals surface area contributed by atoms with Crippen LogP contribution in [0.2, 0.25) is 0 Å². The molecule has 0 saturated carbocycles. The molecule has 0 bridgehead atoms. The van der Waals surface area contributed by atoms with E-state index < -0.39 is 17.8 Å². The van der Waals surface area contributed by atoms with Gasteiger partial charge in [0.15, 0.2) is 0 Å². The minimum absolute atomic E-state index is 0.0658. The Balaban J connectivity index is 2.15. The molecule has 1 unspecified atom stereocenters. The lowest BCUT2D eigenvalue weighted by Gasteiger charge is -2.20. The molecule has 1 aliphatic rings. The first-order chi connectivity index (χ1) is 10.4. The monoisotopic (exact) mass is 307 g/mol. The Morgan fingerprint density at radius 1 is 1.18 bits per heavy atom. The van der Waals surface area contributed by atoms with Crippen LogP contribution in [-0.4, -0.2) is 53.0 Å². The second kappa shape index (κ2) is 6.46. The van der Waals surface area contributed by atoms with Gasteiger partial charge in [-0.05, 0) is 18.6 Å². The molecule has 7 heteroatoms. The Labute approximate surface area is 127 Å². The van der Waals surface area contributed by atoms with Crippen molar-refractivity contribution in [2.24, 2.45) is 5.92 Å². The average Bonchev–Trinajstić information content (AvgIpc) is 2.66. The van der Waals surface area contributed by atoms with Gasteiger partial charge < -0.3 is 19.8 Å². The largest absolute Gasteiger partial charge is 0.508 e. The minimum Gasteiger partial charge on any atom is -0.508 e. The van der Waals surface area contributed by atoms with Crippen molar-refractivity contribution in [3.63, 3.8) is 0 Å².